The molecule has 0 bridgehead atoms. The van der Waals surface area contributed by atoms with Gasteiger partial charge in [-0.2, -0.15) is 9.90 Å². The van der Waals surface area contributed by atoms with Gasteiger partial charge in [-0.3, -0.25) is 4.79 Å². The Labute approximate surface area is 120 Å². The molecule has 0 atom stereocenters. The van der Waals surface area contributed by atoms with Crippen LogP contribution in [0.1, 0.15) is 10.5 Å². The number of benzene rings is 2. The lowest BCUT2D eigenvalue weighted by Crippen LogP contribution is -2.13. The van der Waals surface area contributed by atoms with E-state index in [9.17, 15) is 9.90 Å². The Balaban J connectivity index is 1.80. The Bertz CT molecular complexity index is 768. The Morgan fingerprint density at radius 3 is 2.52 bits per heavy atom. The molecule has 0 aliphatic heterocycles. The molecule has 0 aliphatic rings. The van der Waals surface area contributed by atoms with Gasteiger partial charge in [-0.1, -0.05) is 30.3 Å². The van der Waals surface area contributed by atoms with Crippen molar-refractivity contribution >= 4 is 11.6 Å². The molecule has 0 saturated heterocycles. The van der Waals surface area contributed by atoms with Crippen LogP contribution in [0.15, 0.2) is 60.8 Å². The number of amides is 1. The second-order valence-electron chi connectivity index (χ2n) is 4.33. The number of anilines is 1. The number of phenolic OH excluding ortho intramolecular Hbond substituents is 1. The highest BCUT2D eigenvalue weighted by molar-refractivity contribution is 6.03. The smallest absolute Gasteiger partial charge is 0.277 e. The Morgan fingerprint density at radius 2 is 1.76 bits per heavy atom. The van der Waals surface area contributed by atoms with Gasteiger partial charge in [0.1, 0.15) is 5.75 Å². The maximum absolute atomic E-state index is 12.1. The van der Waals surface area contributed by atoms with Crippen LogP contribution in [0.2, 0.25) is 0 Å². The molecule has 2 aromatic carbocycles. The molecule has 1 heterocycles. The fourth-order valence-corrected chi connectivity index (χ4v) is 1.82. The molecule has 0 radical (unpaired) electrons. The van der Waals surface area contributed by atoms with Gasteiger partial charge in [0.15, 0.2) is 5.69 Å². The molecule has 2 N–H and O–H groups in total. The number of hydrogen-bond acceptors (Lipinski definition) is 4. The summed E-state index contributed by atoms with van der Waals surface area (Å²) in [7, 11) is 0. The predicted octanol–water partition coefficient (Wildman–Crippen LogP) is 2.23. The molecule has 0 fully saturated rings. The van der Waals surface area contributed by atoms with Gasteiger partial charge in [0.05, 0.1) is 17.6 Å². The van der Waals surface area contributed by atoms with Crippen molar-refractivity contribution in [2.45, 2.75) is 0 Å². The normalized spacial score (nSPS) is 10.3. The number of nitrogens with one attached hydrogen (secondary N) is 1. The van der Waals surface area contributed by atoms with Crippen molar-refractivity contribution in [2.24, 2.45) is 0 Å². The molecule has 0 aliphatic carbocycles. The topological polar surface area (TPSA) is 80.0 Å². The quantitative estimate of drug-likeness (QED) is 0.721. The van der Waals surface area contributed by atoms with E-state index in [-0.39, 0.29) is 11.4 Å². The number of aromatic hydroxyl groups is 1. The van der Waals surface area contributed by atoms with Crippen LogP contribution in [0.4, 0.5) is 5.69 Å². The van der Waals surface area contributed by atoms with Crippen molar-refractivity contribution < 1.29 is 9.90 Å². The van der Waals surface area contributed by atoms with Crippen LogP contribution >= 0.6 is 0 Å². The fraction of sp³-hybridized carbons (Fsp3) is 0. The van der Waals surface area contributed by atoms with Crippen LogP contribution in [0, 0.1) is 0 Å². The van der Waals surface area contributed by atoms with Crippen molar-refractivity contribution in [3.63, 3.8) is 0 Å². The van der Waals surface area contributed by atoms with Crippen molar-refractivity contribution in [3.8, 4) is 11.4 Å². The number of phenols is 1. The van der Waals surface area contributed by atoms with E-state index in [4.69, 9.17) is 0 Å². The van der Waals surface area contributed by atoms with E-state index >= 15 is 0 Å². The molecule has 1 amide bonds. The highest BCUT2D eigenvalue weighted by Gasteiger charge is 2.13. The van der Waals surface area contributed by atoms with Crippen molar-refractivity contribution in [1.82, 2.24) is 15.0 Å². The minimum atomic E-state index is -0.432. The van der Waals surface area contributed by atoms with Gasteiger partial charge in [-0.15, -0.1) is 5.10 Å². The van der Waals surface area contributed by atoms with E-state index < -0.39 is 5.91 Å². The molecule has 0 unspecified atom stereocenters. The zero-order valence-electron chi connectivity index (χ0n) is 11.0. The minimum absolute atomic E-state index is 0.00120. The number of aromatic nitrogens is 3. The number of para-hydroxylation sites is 3. The lowest BCUT2D eigenvalue weighted by Gasteiger charge is -2.04. The van der Waals surface area contributed by atoms with Gasteiger partial charge >= 0.3 is 0 Å². The van der Waals surface area contributed by atoms with Gasteiger partial charge in [-0.05, 0) is 24.3 Å². The summed E-state index contributed by atoms with van der Waals surface area (Å²) in [6.07, 6.45) is 1.38. The van der Waals surface area contributed by atoms with E-state index in [1.54, 1.807) is 18.2 Å². The summed E-state index contributed by atoms with van der Waals surface area (Å²) in [5.74, 6) is -0.431. The summed E-state index contributed by atoms with van der Waals surface area (Å²) in [5, 5.41) is 20.4. The summed E-state index contributed by atoms with van der Waals surface area (Å²) in [6.45, 7) is 0. The molecule has 21 heavy (non-hydrogen) atoms. The molecular weight excluding hydrogens is 268 g/mol. The molecule has 104 valence electrons. The molecular formula is C15H12N4O2. The van der Waals surface area contributed by atoms with Gasteiger partial charge in [0, 0.05) is 0 Å². The van der Waals surface area contributed by atoms with Gasteiger partial charge < -0.3 is 10.4 Å². The van der Waals surface area contributed by atoms with E-state index in [0.717, 1.165) is 5.69 Å². The molecule has 1 aromatic heterocycles. The number of carbonyl (C=O) groups is 1. The van der Waals surface area contributed by atoms with Crippen molar-refractivity contribution in [2.75, 3.05) is 5.32 Å². The number of carbonyl (C=O) groups excluding carboxylic acids is 1. The highest BCUT2D eigenvalue weighted by atomic mass is 16.3. The maximum Gasteiger partial charge on any atom is 0.277 e. The average molecular weight is 280 g/mol. The second-order valence-corrected chi connectivity index (χ2v) is 4.33. The van der Waals surface area contributed by atoms with E-state index in [1.165, 1.54) is 17.1 Å². The Hall–Kier alpha value is -3.15. The zero-order chi connectivity index (χ0) is 14.7. The fourth-order valence-electron chi connectivity index (χ4n) is 1.82. The van der Waals surface area contributed by atoms with Crippen LogP contribution < -0.4 is 5.32 Å². The first-order valence-electron chi connectivity index (χ1n) is 6.31. The van der Waals surface area contributed by atoms with E-state index in [1.807, 2.05) is 30.3 Å². The first-order chi connectivity index (χ1) is 10.2. The van der Waals surface area contributed by atoms with Crippen LogP contribution in [-0.2, 0) is 0 Å². The van der Waals surface area contributed by atoms with Crippen LogP contribution in [0.5, 0.6) is 5.75 Å². The van der Waals surface area contributed by atoms with Gasteiger partial charge in [0.25, 0.3) is 5.91 Å². The minimum Gasteiger partial charge on any atom is -0.506 e. The average Bonchev–Trinajstić information content (AvgIpc) is 3.00. The molecule has 3 aromatic rings. The molecule has 0 saturated carbocycles. The van der Waals surface area contributed by atoms with Crippen molar-refractivity contribution in [3.05, 3.63) is 66.5 Å². The second kappa shape index (κ2) is 5.46. The van der Waals surface area contributed by atoms with Gasteiger partial charge in [-0.25, -0.2) is 0 Å². The predicted molar refractivity (Wildman–Crippen MR) is 77.4 cm³/mol. The first-order valence-corrected chi connectivity index (χ1v) is 6.31. The maximum atomic E-state index is 12.1. The zero-order valence-corrected chi connectivity index (χ0v) is 11.0. The lowest BCUT2D eigenvalue weighted by molar-refractivity contribution is 0.102. The third-order valence-corrected chi connectivity index (χ3v) is 2.86. The molecule has 3 rings (SSSR count). The van der Waals surface area contributed by atoms with E-state index in [2.05, 4.69) is 15.5 Å². The lowest BCUT2D eigenvalue weighted by atomic mass is 10.3. The number of rotatable bonds is 3. The summed E-state index contributed by atoms with van der Waals surface area (Å²) < 4.78 is 0. The first kappa shape index (κ1) is 12.9. The van der Waals surface area contributed by atoms with Crippen LogP contribution in [-0.4, -0.2) is 26.0 Å². The monoisotopic (exact) mass is 280 g/mol. The SMILES string of the molecule is O=C(Nc1ccccc1O)c1cnn(-c2ccccc2)n1. The standard InChI is InChI=1S/C15H12N4O2/c20-14-9-5-4-8-12(14)17-15(21)13-10-16-19(18-13)11-6-2-1-3-7-11/h1-10,20H,(H,17,21). The number of hydrogen-bond donors (Lipinski definition) is 2. The largest absolute Gasteiger partial charge is 0.506 e. The molecule has 6 nitrogen and oxygen atoms in total. The summed E-state index contributed by atoms with van der Waals surface area (Å²) in [6, 6.07) is 15.8. The number of nitrogens with zero attached hydrogens (tertiary/aromatic N) is 3. The van der Waals surface area contributed by atoms with Crippen molar-refractivity contribution in [1.29, 1.82) is 0 Å². The Kier molecular flexibility index (Phi) is 3.34. The summed E-state index contributed by atoms with van der Waals surface area (Å²) in [4.78, 5) is 13.4. The third kappa shape index (κ3) is 2.74. The summed E-state index contributed by atoms with van der Waals surface area (Å²) in [5.41, 5.74) is 1.26. The van der Waals surface area contributed by atoms with Crippen LogP contribution in [0.25, 0.3) is 5.69 Å². The summed E-state index contributed by atoms with van der Waals surface area (Å²) >= 11 is 0. The molecule has 6 heteroatoms. The Morgan fingerprint density at radius 1 is 1.05 bits per heavy atom. The van der Waals surface area contributed by atoms with Gasteiger partial charge in [0.2, 0.25) is 0 Å². The van der Waals surface area contributed by atoms with Crippen LogP contribution in [0.3, 0.4) is 0 Å². The highest BCUT2D eigenvalue weighted by Crippen LogP contribution is 2.21. The van der Waals surface area contributed by atoms with E-state index in [0.29, 0.717) is 5.69 Å². The molecule has 0 spiro atoms. The third-order valence-electron chi connectivity index (χ3n) is 2.86.